The van der Waals surface area contributed by atoms with Crippen molar-refractivity contribution in [2.75, 3.05) is 0 Å². The lowest BCUT2D eigenvalue weighted by Gasteiger charge is -2.21. The van der Waals surface area contributed by atoms with Crippen molar-refractivity contribution in [3.63, 3.8) is 0 Å². The monoisotopic (exact) mass is 429 g/mol. The van der Waals surface area contributed by atoms with Gasteiger partial charge in [0.15, 0.2) is 0 Å². The van der Waals surface area contributed by atoms with Gasteiger partial charge in [-0.3, -0.25) is 9.59 Å². The van der Waals surface area contributed by atoms with Gasteiger partial charge in [-0.2, -0.15) is 0 Å². The van der Waals surface area contributed by atoms with E-state index in [2.05, 4.69) is 9.97 Å². The Morgan fingerprint density at radius 2 is 1.65 bits per heavy atom. The first kappa shape index (κ1) is 20.6. The van der Waals surface area contributed by atoms with Gasteiger partial charge >= 0.3 is 0 Å². The number of nitrogens with zero attached hydrogens (tertiary/aromatic N) is 2. The summed E-state index contributed by atoms with van der Waals surface area (Å²) >= 11 is 5.99. The number of H-pyrrole nitrogens is 1. The number of fused-ring (bicyclic) bond motifs is 1. The van der Waals surface area contributed by atoms with Gasteiger partial charge in [-0.05, 0) is 41.5 Å². The first-order chi connectivity index (χ1) is 15.1. The molecule has 0 bridgehead atoms. The van der Waals surface area contributed by atoms with E-state index in [1.807, 2.05) is 48.5 Å². The zero-order valence-electron chi connectivity index (χ0n) is 16.7. The van der Waals surface area contributed by atoms with E-state index in [9.17, 15) is 9.59 Å². The average Bonchev–Trinajstić information content (AvgIpc) is 2.79. The molecule has 154 valence electrons. The Hall–Kier alpha value is -3.70. The Bertz CT molecular complexity index is 1280. The number of rotatable bonds is 6. The van der Waals surface area contributed by atoms with Crippen molar-refractivity contribution in [1.29, 1.82) is 0 Å². The first-order valence-electron chi connectivity index (χ1n) is 9.83. The summed E-state index contributed by atoms with van der Waals surface area (Å²) in [5, 5.41) is 1.15. The maximum atomic E-state index is 13.0. The molecule has 4 rings (SSSR count). The Balaban J connectivity index is 1.63. The first-order valence-corrected chi connectivity index (χ1v) is 10.2. The SMILES string of the molecule is O=C(C=Cc1ccccc1)N(Cc1ccc(Cl)cc1)Cc1nc2ccccc2c(=O)[nH]1. The van der Waals surface area contributed by atoms with Gasteiger partial charge in [-0.25, -0.2) is 4.98 Å². The van der Waals surface area contributed by atoms with E-state index >= 15 is 0 Å². The predicted octanol–water partition coefficient (Wildman–Crippen LogP) is 4.82. The van der Waals surface area contributed by atoms with Gasteiger partial charge in [0.25, 0.3) is 5.56 Å². The van der Waals surface area contributed by atoms with Gasteiger partial charge in [-0.15, -0.1) is 0 Å². The molecule has 6 heteroatoms. The van der Waals surface area contributed by atoms with Crippen LogP contribution in [-0.2, 0) is 17.9 Å². The van der Waals surface area contributed by atoms with Crippen molar-refractivity contribution in [3.05, 3.63) is 117 Å². The van der Waals surface area contributed by atoms with Crippen LogP contribution in [0.15, 0.2) is 89.7 Å². The van der Waals surface area contributed by atoms with E-state index in [0.717, 1.165) is 11.1 Å². The lowest BCUT2D eigenvalue weighted by Crippen LogP contribution is -2.30. The molecule has 0 saturated carbocycles. The number of aromatic amines is 1. The molecule has 0 spiro atoms. The predicted molar refractivity (Wildman–Crippen MR) is 124 cm³/mol. The summed E-state index contributed by atoms with van der Waals surface area (Å²) in [5.74, 6) is 0.244. The number of aromatic nitrogens is 2. The Labute approximate surface area is 184 Å². The second-order valence-electron chi connectivity index (χ2n) is 7.09. The van der Waals surface area contributed by atoms with Crippen LogP contribution < -0.4 is 5.56 Å². The molecule has 4 aromatic rings. The number of halogens is 1. The minimum Gasteiger partial charge on any atom is -0.327 e. The van der Waals surface area contributed by atoms with Crippen molar-refractivity contribution < 1.29 is 4.79 Å². The van der Waals surface area contributed by atoms with Gasteiger partial charge in [0, 0.05) is 17.6 Å². The highest BCUT2D eigenvalue weighted by Crippen LogP contribution is 2.14. The fourth-order valence-corrected chi connectivity index (χ4v) is 3.38. The third-order valence-corrected chi connectivity index (χ3v) is 5.07. The van der Waals surface area contributed by atoms with Crippen molar-refractivity contribution in [2.24, 2.45) is 0 Å². The Kier molecular flexibility index (Phi) is 6.24. The van der Waals surface area contributed by atoms with Gasteiger partial charge in [0.1, 0.15) is 5.82 Å². The third-order valence-electron chi connectivity index (χ3n) is 4.82. The van der Waals surface area contributed by atoms with Crippen LogP contribution in [0.25, 0.3) is 17.0 Å². The molecule has 1 N–H and O–H groups in total. The molecule has 0 aliphatic heterocycles. The largest absolute Gasteiger partial charge is 0.327 e. The highest BCUT2D eigenvalue weighted by atomic mass is 35.5. The van der Waals surface area contributed by atoms with E-state index in [0.29, 0.717) is 28.3 Å². The summed E-state index contributed by atoms with van der Waals surface area (Å²) in [6.07, 6.45) is 3.30. The molecule has 0 atom stereocenters. The zero-order chi connectivity index (χ0) is 21.6. The molecule has 1 amide bonds. The van der Waals surface area contributed by atoms with Crippen molar-refractivity contribution in [2.45, 2.75) is 13.1 Å². The van der Waals surface area contributed by atoms with Crippen LogP contribution in [0.5, 0.6) is 0 Å². The maximum absolute atomic E-state index is 13.0. The summed E-state index contributed by atoms with van der Waals surface area (Å²) in [7, 11) is 0. The van der Waals surface area contributed by atoms with E-state index in [1.165, 1.54) is 6.08 Å². The highest BCUT2D eigenvalue weighted by Gasteiger charge is 2.15. The number of amides is 1. The number of hydrogen-bond acceptors (Lipinski definition) is 3. The third kappa shape index (κ3) is 5.27. The number of benzene rings is 3. The van der Waals surface area contributed by atoms with Crippen LogP contribution in [-0.4, -0.2) is 20.8 Å². The second-order valence-corrected chi connectivity index (χ2v) is 7.53. The molecule has 0 unspecified atom stereocenters. The van der Waals surface area contributed by atoms with Crippen molar-refractivity contribution in [3.8, 4) is 0 Å². The van der Waals surface area contributed by atoms with Crippen LogP contribution in [0.4, 0.5) is 0 Å². The van der Waals surface area contributed by atoms with Gasteiger partial charge < -0.3 is 9.88 Å². The minimum atomic E-state index is -0.223. The van der Waals surface area contributed by atoms with Crippen LogP contribution >= 0.6 is 11.6 Å². The molecule has 0 radical (unpaired) electrons. The number of carbonyl (C=O) groups is 1. The number of nitrogens with one attached hydrogen (secondary N) is 1. The molecule has 31 heavy (non-hydrogen) atoms. The molecule has 3 aromatic carbocycles. The molecule has 1 aromatic heterocycles. The Morgan fingerprint density at radius 1 is 0.935 bits per heavy atom. The zero-order valence-corrected chi connectivity index (χ0v) is 17.4. The molecule has 1 heterocycles. The normalized spacial score (nSPS) is 11.1. The quantitative estimate of drug-likeness (QED) is 0.447. The van der Waals surface area contributed by atoms with Crippen LogP contribution in [0.2, 0.25) is 5.02 Å². The summed E-state index contributed by atoms with van der Waals surface area (Å²) < 4.78 is 0. The smallest absolute Gasteiger partial charge is 0.258 e. The molecule has 0 saturated heterocycles. The number of carbonyl (C=O) groups excluding carboxylic acids is 1. The Morgan fingerprint density at radius 3 is 2.42 bits per heavy atom. The summed E-state index contributed by atoms with van der Waals surface area (Å²) in [5.41, 5.74) is 2.23. The van der Waals surface area contributed by atoms with Gasteiger partial charge in [0.05, 0.1) is 17.4 Å². The van der Waals surface area contributed by atoms with Crippen molar-refractivity contribution in [1.82, 2.24) is 14.9 Å². The van der Waals surface area contributed by atoms with Crippen LogP contribution in [0.1, 0.15) is 17.0 Å². The van der Waals surface area contributed by atoms with Gasteiger partial charge in [-0.1, -0.05) is 66.2 Å². The molecule has 0 fully saturated rings. The van der Waals surface area contributed by atoms with E-state index in [1.54, 1.807) is 41.3 Å². The van der Waals surface area contributed by atoms with Crippen molar-refractivity contribution >= 4 is 34.5 Å². The second kappa shape index (κ2) is 9.41. The molecule has 0 aliphatic carbocycles. The fraction of sp³-hybridized carbons (Fsp3) is 0.0800. The highest BCUT2D eigenvalue weighted by molar-refractivity contribution is 6.30. The molecule has 0 aliphatic rings. The average molecular weight is 430 g/mol. The van der Waals surface area contributed by atoms with E-state index < -0.39 is 0 Å². The van der Waals surface area contributed by atoms with Crippen LogP contribution in [0, 0.1) is 0 Å². The van der Waals surface area contributed by atoms with Crippen LogP contribution in [0.3, 0.4) is 0 Å². The molecule has 5 nitrogen and oxygen atoms in total. The summed E-state index contributed by atoms with van der Waals surface area (Å²) in [4.78, 5) is 34.4. The maximum Gasteiger partial charge on any atom is 0.258 e. The van der Waals surface area contributed by atoms with E-state index in [-0.39, 0.29) is 18.0 Å². The molecular formula is C25H20ClN3O2. The number of hydrogen-bond donors (Lipinski definition) is 1. The topological polar surface area (TPSA) is 66.1 Å². The van der Waals surface area contributed by atoms with E-state index in [4.69, 9.17) is 11.6 Å². The summed E-state index contributed by atoms with van der Waals surface area (Å²) in [6.45, 7) is 0.520. The standard InChI is InChI=1S/C25H20ClN3O2/c26-20-13-10-19(11-14-20)16-29(24(30)15-12-18-6-2-1-3-7-18)17-23-27-22-9-5-4-8-21(22)25(31)28-23/h1-15H,16-17H2,(H,27,28,31). The molecular weight excluding hydrogens is 410 g/mol. The van der Waals surface area contributed by atoms with Gasteiger partial charge in [0.2, 0.25) is 5.91 Å². The number of para-hydroxylation sites is 1. The summed E-state index contributed by atoms with van der Waals surface area (Å²) in [6, 6.07) is 24.1. The lowest BCUT2D eigenvalue weighted by molar-refractivity contribution is -0.127. The lowest BCUT2D eigenvalue weighted by atomic mass is 10.2. The minimum absolute atomic E-state index is 0.167. The fourth-order valence-electron chi connectivity index (χ4n) is 3.25.